The summed E-state index contributed by atoms with van der Waals surface area (Å²) in [6, 6.07) is 0.629. The number of hydrogen-bond donors (Lipinski definition) is 1. The zero-order valence-corrected chi connectivity index (χ0v) is 7.25. The van der Waals surface area contributed by atoms with E-state index in [1.165, 1.54) is 0 Å². The van der Waals surface area contributed by atoms with Crippen LogP contribution in [0.3, 0.4) is 0 Å². The van der Waals surface area contributed by atoms with E-state index in [0.29, 0.717) is 6.04 Å². The minimum atomic E-state index is 0.629. The molecule has 1 aliphatic rings. The lowest BCUT2D eigenvalue weighted by Gasteiger charge is -2.31. The van der Waals surface area contributed by atoms with Crippen LogP contribution in [0.25, 0.3) is 0 Å². The Labute approximate surface area is 68.5 Å². The quantitative estimate of drug-likeness (QED) is 0.631. The van der Waals surface area contributed by atoms with Crippen LogP contribution < -0.4 is 5.73 Å². The van der Waals surface area contributed by atoms with E-state index in [0.717, 1.165) is 39.3 Å². The molecule has 11 heavy (non-hydrogen) atoms. The molecule has 1 saturated heterocycles. The third kappa shape index (κ3) is 2.77. The van der Waals surface area contributed by atoms with Gasteiger partial charge in [-0.15, -0.1) is 0 Å². The van der Waals surface area contributed by atoms with E-state index < -0.39 is 0 Å². The van der Waals surface area contributed by atoms with Crippen LogP contribution in [0.1, 0.15) is 13.3 Å². The molecule has 1 fully saturated rings. The summed E-state index contributed by atoms with van der Waals surface area (Å²) < 4.78 is 5.26. The van der Waals surface area contributed by atoms with Crippen LogP contribution >= 0.6 is 0 Å². The molecule has 0 bridgehead atoms. The second-order valence-electron chi connectivity index (χ2n) is 3.07. The number of ether oxygens (including phenoxy) is 1. The summed E-state index contributed by atoms with van der Waals surface area (Å²) in [5, 5.41) is 0. The maximum atomic E-state index is 5.48. The van der Waals surface area contributed by atoms with Gasteiger partial charge in [0.05, 0.1) is 13.2 Å². The summed E-state index contributed by atoms with van der Waals surface area (Å²) in [4.78, 5) is 2.44. The number of hydrogen-bond acceptors (Lipinski definition) is 3. The van der Waals surface area contributed by atoms with Gasteiger partial charge >= 0.3 is 0 Å². The molecular weight excluding hydrogens is 140 g/mol. The monoisotopic (exact) mass is 158 g/mol. The molecule has 1 aliphatic heterocycles. The second kappa shape index (κ2) is 4.70. The average Bonchev–Trinajstić information content (AvgIpc) is 2.07. The number of nitrogens with two attached hydrogens (primary N) is 1. The summed E-state index contributed by atoms with van der Waals surface area (Å²) in [5.74, 6) is 0. The van der Waals surface area contributed by atoms with E-state index in [1.54, 1.807) is 0 Å². The summed E-state index contributed by atoms with van der Waals surface area (Å²) in [5.41, 5.74) is 5.48. The Bertz CT molecular complexity index is 102. The zero-order valence-electron chi connectivity index (χ0n) is 7.25. The number of morpholine rings is 1. The molecule has 0 aromatic heterocycles. The normalized spacial score (nSPS) is 23.5. The van der Waals surface area contributed by atoms with Gasteiger partial charge < -0.3 is 10.5 Å². The molecule has 1 heterocycles. The molecule has 3 nitrogen and oxygen atoms in total. The minimum absolute atomic E-state index is 0.629. The van der Waals surface area contributed by atoms with Gasteiger partial charge in [-0.2, -0.15) is 0 Å². The Balaban J connectivity index is 2.21. The molecule has 0 amide bonds. The lowest BCUT2D eigenvalue weighted by atomic mass is 10.2. The molecule has 1 rings (SSSR count). The fourth-order valence-electron chi connectivity index (χ4n) is 1.44. The third-order valence-corrected chi connectivity index (χ3v) is 2.25. The molecule has 1 atom stereocenters. The van der Waals surface area contributed by atoms with Gasteiger partial charge in [-0.1, -0.05) is 0 Å². The molecule has 66 valence electrons. The first-order valence-electron chi connectivity index (χ1n) is 4.36. The van der Waals surface area contributed by atoms with Gasteiger partial charge in [-0.3, -0.25) is 4.90 Å². The van der Waals surface area contributed by atoms with Crippen molar-refractivity contribution in [2.45, 2.75) is 19.4 Å². The van der Waals surface area contributed by atoms with Gasteiger partial charge in [0.15, 0.2) is 0 Å². The lowest BCUT2D eigenvalue weighted by molar-refractivity contribution is 0.0191. The molecular formula is C8H18N2O. The first kappa shape index (κ1) is 8.97. The fourth-order valence-corrected chi connectivity index (χ4v) is 1.44. The third-order valence-electron chi connectivity index (χ3n) is 2.25. The van der Waals surface area contributed by atoms with Crippen LogP contribution in [0.2, 0.25) is 0 Å². The van der Waals surface area contributed by atoms with Crippen molar-refractivity contribution in [3.05, 3.63) is 0 Å². The maximum Gasteiger partial charge on any atom is 0.0594 e. The molecule has 0 radical (unpaired) electrons. The first-order chi connectivity index (χ1) is 5.34. The molecule has 2 N–H and O–H groups in total. The molecule has 0 spiro atoms. The van der Waals surface area contributed by atoms with Crippen LogP contribution in [0.5, 0.6) is 0 Å². The second-order valence-corrected chi connectivity index (χ2v) is 3.07. The molecule has 0 saturated carbocycles. The van der Waals surface area contributed by atoms with Crippen LogP contribution in [0, 0.1) is 0 Å². The van der Waals surface area contributed by atoms with Crippen molar-refractivity contribution in [3.63, 3.8) is 0 Å². The van der Waals surface area contributed by atoms with Crippen molar-refractivity contribution in [1.82, 2.24) is 4.90 Å². The molecule has 0 aromatic rings. The summed E-state index contributed by atoms with van der Waals surface area (Å²) in [6.07, 6.45) is 1.10. The highest BCUT2D eigenvalue weighted by atomic mass is 16.5. The van der Waals surface area contributed by atoms with E-state index >= 15 is 0 Å². The van der Waals surface area contributed by atoms with E-state index in [1.807, 2.05) is 0 Å². The first-order valence-corrected chi connectivity index (χ1v) is 4.36. The standard InChI is InChI=1S/C8H18N2O/c1-8(2-3-9)10-4-6-11-7-5-10/h8H,2-7,9H2,1H3. The van der Waals surface area contributed by atoms with E-state index in [9.17, 15) is 0 Å². The average molecular weight is 158 g/mol. The van der Waals surface area contributed by atoms with Crippen molar-refractivity contribution in [2.75, 3.05) is 32.8 Å². The molecule has 0 aromatic carbocycles. The highest BCUT2D eigenvalue weighted by molar-refractivity contribution is 4.69. The van der Waals surface area contributed by atoms with Gasteiger partial charge in [0.25, 0.3) is 0 Å². The van der Waals surface area contributed by atoms with E-state index in [-0.39, 0.29) is 0 Å². The molecule has 1 unspecified atom stereocenters. The number of rotatable bonds is 3. The SMILES string of the molecule is CC(CCN)N1CCOCC1. The van der Waals surface area contributed by atoms with Crippen molar-refractivity contribution in [3.8, 4) is 0 Å². The maximum absolute atomic E-state index is 5.48. The van der Waals surface area contributed by atoms with Crippen molar-refractivity contribution < 1.29 is 4.74 Å². The Morgan fingerprint density at radius 3 is 2.64 bits per heavy atom. The predicted octanol–water partition coefficient (Wildman–Crippen LogP) is 0.0559. The summed E-state index contributed by atoms with van der Waals surface area (Å²) in [7, 11) is 0. The Kier molecular flexibility index (Phi) is 3.83. The Hall–Kier alpha value is -0.120. The van der Waals surface area contributed by atoms with Gasteiger partial charge in [0.1, 0.15) is 0 Å². The Morgan fingerprint density at radius 2 is 2.09 bits per heavy atom. The molecule has 0 aliphatic carbocycles. The molecule has 3 heteroatoms. The zero-order chi connectivity index (χ0) is 8.10. The topological polar surface area (TPSA) is 38.5 Å². The fraction of sp³-hybridized carbons (Fsp3) is 1.00. The predicted molar refractivity (Wildman–Crippen MR) is 45.5 cm³/mol. The van der Waals surface area contributed by atoms with Gasteiger partial charge in [-0.05, 0) is 19.9 Å². The Morgan fingerprint density at radius 1 is 1.45 bits per heavy atom. The van der Waals surface area contributed by atoms with Gasteiger partial charge in [0.2, 0.25) is 0 Å². The highest BCUT2D eigenvalue weighted by Crippen LogP contribution is 2.05. The van der Waals surface area contributed by atoms with Gasteiger partial charge in [-0.25, -0.2) is 0 Å². The van der Waals surface area contributed by atoms with Gasteiger partial charge in [0, 0.05) is 19.1 Å². The summed E-state index contributed by atoms with van der Waals surface area (Å²) >= 11 is 0. The van der Waals surface area contributed by atoms with Crippen molar-refractivity contribution in [1.29, 1.82) is 0 Å². The highest BCUT2D eigenvalue weighted by Gasteiger charge is 2.15. The van der Waals surface area contributed by atoms with Crippen molar-refractivity contribution in [2.24, 2.45) is 5.73 Å². The lowest BCUT2D eigenvalue weighted by Crippen LogP contribution is -2.42. The van der Waals surface area contributed by atoms with E-state index in [4.69, 9.17) is 10.5 Å². The van der Waals surface area contributed by atoms with Crippen LogP contribution in [-0.4, -0.2) is 43.8 Å². The smallest absolute Gasteiger partial charge is 0.0594 e. The number of nitrogens with zero attached hydrogens (tertiary/aromatic N) is 1. The van der Waals surface area contributed by atoms with Crippen LogP contribution in [-0.2, 0) is 4.74 Å². The minimum Gasteiger partial charge on any atom is -0.379 e. The largest absolute Gasteiger partial charge is 0.379 e. The van der Waals surface area contributed by atoms with E-state index in [2.05, 4.69) is 11.8 Å². The van der Waals surface area contributed by atoms with Crippen LogP contribution in [0.15, 0.2) is 0 Å². The van der Waals surface area contributed by atoms with Crippen LogP contribution in [0.4, 0.5) is 0 Å². The van der Waals surface area contributed by atoms with Crippen molar-refractivity contribution >= 4 is 0 Å². The summed E-state index contributed by atoms with van der Waals surface area (Å²) in [6.45, 7) is 6.93.